The molecule has 0 amide bonds. The van der Waals surface area contributed by atoms with Gasteiger partial charge in [-0.3, -0.25) is 10.1 Å². The van der Waals surface area contributed by atoms with Gasteiger partial charge in [-0.1, -0.05) is 11.6 Å². The van der Waals surface area contributed by atoms with Crippen molar-refractivity contribution in [1.82, 2.24) is 0 Å². The highest BCUT2D eigenvalue weighted by Crippen LogP contribution is 2.27. The average Bonchev–Trinajstić information content (AvgIpc) is 2.18. The number of benzene rings is 1. The van der Waals surface area contributed by atoms with Gasteiger partial charge in [-0.2, -0.15) is 0 Å². The summed E-state index contributed by atoms with van der Waals surface area (Å²) in [6.45, 7) is 0. The molecule has 0 spiro atoms. The van der Waals surface area contributed by atoms with Crippen LogP contribution < -0.4 is 0 Å². The number of sulfone groups is 1. The summed E-state index contributed by atoms with van der Waals surface area (Å²) < 4.78 is 35.4. The Hall–Kier alpha value is -1.21. The van der Waals surface area contributed by atoms with Gasteiger partial charge in [0.25, 0.3) is 5.69 Å². The van der Waals surface area contributed by atoms with Crippen LogP contribution in [0.15, 0.2) is 12.1 Å². The highest BCUT2D eigenvalue weighted by Gasteiger charge is 2.19. The summed E-state index contributed by atoms with van der Waals surface area (Å²) >= 11 is 5.53. The molecule has 100 valence electrons. The van der Waals surface area contributed by atoms with Crippen LogP contribution in [0.3, 0.4) is 0 Å². The van der Waals surface area contributed by atoms with Crippen molar-refractivity contribution in [2.45, 2.75) is 12.8 Å². The van der Waals surface area contributed by atoms with Gasteiger partial charge in [0.2, 0.25) is 0 Å². The molecule has 0 N–H and O–H groups in total. The Morgan fingerprint density at radius 2 is 2.06 bits per heavy atom. The number of nitro benzene ring substituents is 1. The van der Waals surface area contributed by atoms with Crippen molar-refractivity contribution in [3.8, 4) is 0 Å². The standard InChI is InChI=1S/C10H11ClFNO4S/c1-18(16,17)4-2-3-8-9(12)5-7(11)6-10(8)13(14)15/h5-6H,2-4H2,1H3. The van der Waals surface area contributed by atoms with E-state index in [4.69, 9.17) is 11.6 Å². The van der Waals surface area contributed by atoms with Crippen LogP contribution in [0, 0.1) is 15.9 Å². The first kappa shape index (κ1) is 14.8. The lowest BCUT2D eigenvalue weighted by molar-refractivity contribution is -0.385. The number of rotatable bonds is 5. The van der Waals surface area contributed by atoms with Crippen molar-refractivity contribution in [3.63, 3.8) is 0 Å². The van der Waals surface area contributed by atoms with Gasteiger partial charge >= 0.3 is 0 Å². The summed E-state index contributed by atoms with van der Waals surface area (Å²) in [4.78, 5) is 10.0. The zero-order valence-electron chi connectivity index (χ0n) is 9.52. The second-order valence-corrected chi connectivity index (χ2v) is 6.57. The molecule has 0 unspecified atom stereocenters. The Labute approximate surface area is 109 Å². The average molecular weight is 296 g/mol. The van der Waals surface area contributed by atoms with E-state index in [1.54, 1.807) is 0 Å². The highest BCUT2D eigenvalue weighted by atomic mass is 35.5. The van der Waals surface area contributed by atoms with E-state index in [1.165, 1.54) is 0 Å². The van der Waals surface area contributed by atoms with Gasteiger partial charge in [0.15, 0.2) is 0 Å². The second-order valence-electron chi connectivity index (χ2n) is 3.88. The third-order valence-corrected chi connectivity index (χ3v) is 3.52. The molecule has 1 aromatic rings. The second kappa shape index (κ2) is 5.62. The van der Waals surface area contributed by atoms with E-state index in [2.05, 4.69) is 0 Å². The molecule has 0 aliphatic rings. The smallest absolute Gasteiger partial charge is 0.258 e. The predicted molar refractivity (Wildman–Crippen MR) is 66.1 cm³/mol. The molecule has 0 bridgehead atoms. The van der Waals surface area contributed by atoms with E-state index in [1.807, 2.05) is 0 Å². The molecule has 0 fully saturated rings. The lowest BCUT2D eigenvalue weighted by Gasteiger charge is -2.05. The Morgan fingerprint density at radius 3 is 2.56 bits per heavy atom. The molecule has 5 nitrogen and oxygen atoms in total. The number of nitrogens with zero attached hydrogens (tertiary/aromatic N) is 1. The van der Waals surface area contributed by atoms with E-state index in [0.717, 1.165) is 18.4 Å². The van der Waals surface area contributed by atoms with E-state index in [0.29, 0.717) is 0 Å². The van der Waals surface area contributed by atoms with Crippen LogP contribution in [-0.4, -0.2) is 25.3 Å². The van der Waals surface area contributed by atoms with Crippen molar-refractivity contribution in [2.75, 3.05) is 12.0 Å². The summed E-state index contributed by atoms with van der Waals surface area (Å²) in [5, 5.41) is 10.7. The van der Waals surface area contributed by atoms with Crippen LogP contribution in [-0.2, 0) is 16.3 Å². The third kappa shape index (κ3) is 4.23. The maximum Gasteiger partial charge on any atom is 0.277 e. The minimum atomic E-state index is -3.17. The first-order chi connectivity index (χ1) is 8.20. The van der Waals surface area contributed by atoms with Crippen molar-refractivity contribution < 1.29 is 17.7 Å². The molecule has 0 atom stereocenters. The number of nitro groups is 1. The topological polar surface area (TPSA) is 77.3 Å². The van der Waals surface area contributed by atoms with E-state index in [-0.39, 0.29) is 29.2 Å². The van der Waals surface area contributed by atoms with Crippen molar-refractivity contribution in [2.24, 2.45) is 0 Å². The van der Waals surface area contributed by atoms with Gasteiger partial charge in [-0.05, 0) is 18.9 Å². The van der Waals surface area contributed by atoms with Gasteiger partial charge in [0.05, 0.1) is 21.3 Å². The predicted octanol–water partition coefficient (Wildman–Crippen LogP) is 2.36. The largest absolute Gasteiger partial charge is 0.277 e. The summed E-state index contributed by atoms with van der Waals surface area (Å²) in [5.74, 6) is -0.936. The van der Waals surface area contributed by atoms with Gasteiger partial charge in [0.1, 0.15) is 15.7 Å². The molecule has 0 saturated carbocycles. The molecular formula is C10H11ClFNO4S. The Morgan fingerprint density at radius 1 is 1.44 bits per heavy atom. The van der Waals surface area contributed by atoms with Crippen LogP contribution >= 0.6 is 11.6 Å². The maximum absolute atomic E-state index is 13.6. The molecule has 18 heavy (non-hydrogen) atoms. The summed E-state index contributed by atoms with van der Waals surface area (Å²) in [5.41, 5.74) is -0.540. The Kier molecular flexibility index (Phi) is 4.64. The molecule has 0 aromatic heterocycles. The zero-order chi connectivity index (χ0) is 13.9. The Balaban J connectivity index is 2.97. The minimum absolute atomic E-state index is 0.0214. The third-order valence-electron chi connectivity index (χ3n) is 2.28. The van der Waals surface area contributed by atoms with Gasteiger partial charge < -0.3 is 0 Å². The van der Waals surface area contributed by atoms with Crippen LogP contribution in [0.4, 0.5) is 10.1 Å². The van der Waals surface area contributed by atoms with Crippen LogP contribution in [0.25, 0.3) is 0 Å². The fourth-order valence-electron chi connectivity index (χ4n) is 1.51. The Bertz CT molecular complexity index is 573. The molecular weight excluding hydrogens is 285 g/mol. The lowest BCUT2D eigenvalue weighted by Crippen LogP contribution is -2.06. The van der Waals surface area contributed by atoms with E-state index < -0.39 is 26.3 Å². The van der Waals surface area contributed by atoms with Gasteiger partial charge in [0, 0.05) is 12.3 Å². The molecule has 0 aliphatic heterocycles. The number of hydrogen-bond donors (Lipinski definition) is 0. The monoisotopic (exact) mass is 295 g/mol. The molecule has 0 heterocycles. The van der Waals surface area contributed by atoms with Gasteiger partial charge in [-0.25, -0.2) is 12.8 Å². The fourth-order valence-corrected chi connectivity index (χ4v) is 2.38. The summed E-state index contributed by atoms with van der Waals surface area (Å²) in [7, 11) is -3.17. The van der Waals surface area contributed by atoms with E-state index in [9.17, 15) is 22.9 Å². The first-order valence-electron chi connectivity index (χ1n) is 5.01. The van der Waals surface area contributed by atoms with E-state index >= 15 is 0 Å². The first-order valence-corrected chi connectivity index (χ1v) is 7.44. The quantitative estimate of drug-likeness (QED) is 0.617. The lowest BCUT2D eigenvalue weighted by atomic mass is 10.1. The van der Waals surface area contributed by atoms with Crippen LogP contribution in [0.5, 0.6) is 0 Å². The minimum Gasteiger partial charge on any atom is -0.258 e. The molecule has 0 saturated heterocycles. The SMILES string of the molecule is CS(=O)(=O)CCCc1c(F)cc(Cl)cc1[N+](=O)[O-]. The number of hydrogen-bond acceptors (Lipinski definition) is 4. The summed E-state index contributed by atoms with van der Waals surface area (Å²) in [6, 6.07) is 2.03. The molecule has 0 aliphatic carbocycles. The summed E-state index contributed by atoms with van der Waals surface area (Å²) in [6.07, 6.45) is 1.16. The zero-order valence-corrected chi connectivity index (χ0v) is 11.1. The highest BCUT2D eigenvalue weighted by molar-refractivity contribution is 7.90. The van der Waals surface area contributed by atoms with Crippen LogP contribution in [0.2, 0.25) is 5.02 Å². The van der Waals surface area contributed by atoms with Gasteiger partial charge in [-0.15, -0.1) is 0 Å². The van der Waals surface area contributed by atoms with Crippen molar-refractivity contribution >= 4 is 27.1 Å². The molecule has 0 radical (unpaired) electrons. The normalized spacial score (nSPS) is 11.5. The van der Waals surface area contributed by atoms with Crippen molar-refractivity contribution in [1.29, 1.82) is 0 Å². The fraction of sp³-hybridized carbons (Fsp3) is 0.400. The molecule has 1 rings (SSSR count). The van der Waals surface area contributed by atoms with Crippen molar-refractivity contribution in [3.05, 3.63) is 38.7 Å². The number of halogens is 2. The molecule has 1 aromatic carbocycles. The molecule has 8 heteroatoms. The van der Waals surface area contributed by atoms with Crippen LogP contribution in [0.1, 0.15) is 12.0 Å². The maximum atomic E-state index is 13.6.